The Kier molecular flexibility index (Phi) is 14.7. The third-order valence-electron chi connectivity index (χ3n) is 26.8. The molecule has 5 saturated carbocycles. The summed E-state index contributed by atoms with van der Waals surface area (Å²) in [5, 5.41) is 0. The summed E-state index contributed by atoms with van der Waals surface area (Å²) in [7, 11) is 10.4. The van der Waals surface area contributed by atoms with Crippen molar-refractivity contribution in [2.45, 2.75) is 221 Å². The van der Waals surface area contributed by atoms with Crippen molar-refractivity contribution < 1.29 is 37.9 Å². The van der Waals surface area contributed by atoms with Crippen molar-refractivity contribution in [1.82, 2.24) is 0 Å². The lowest BCUT2D eigenvalue weighted by Gasteiger charge is -2.41. The van der Waals surface area contributed by atoms with E-state index in [2.05, 4.69) is 195 Å². The van der Waals surface area contributed by atoms with Gasteiger partial charge in [-0.15, -0.1) is 0 Å². The summed E-state index contributed by atoms with van der Waals surface area (Å²) in [5.74, 6) is 2.32. The zero-order valence-corrected chi connectivity index (χ0v) is 64.3. The standard InChI is InChI=1S/C22H28N.4C19H22N/c1-14-7-8-16(15(2)11-14)20-12-17-18-9-10-22(5,21(18,3)4)19(17)13-23(20)6;1-12-4-7-16(13(2)8-12)19-10-17-14-5-6-15(9-14)18(17)11-20(19)3;3*1-12-4-5-17(13(2)6-12)19-10-18-15-7-14(8-15)9-16(18)11-20(19)3/h7-8,11-13,18H,9-10H2,1-6H3;4,7-8,10-11,14-15H,5-6,9H2,1-3H3;3*4-6,10-11,14-15H,7-9H2,1-3H3/q5*+1/i;1D3,14D,15D;1D3,9D2,15D;;. The van der Waals surface area contributed by atoms with Crippen LogP contribution in [0.5, 0.6) is 0 Å². The molecule has 5 aromatic carbocycles. The van der Waals surface area contributed by atoms with Crippen molar-refractivity contribution in [3.05, 3.63) is 264 Å². The van der Waals surface area contributed by atoms with Gasteiger partial charge in [-0.1, -0.05) is 109 Å². The first kappa shape index (κ1) is 57.2. The maximum atomic E-state index is 8.77. The van der Waals surface area contributed by atoms with E-state index in [1.807, 2.05) is 67.7 Å². The minimum atomic E-state index is -2.14. The molecule has 5 aromatic heterocycles. The number of pyridine rings is 5. The summed E-state index contributed by atoms with van der Waals surface area (Å²) in [5.41, 5.74) is 36.2. The van der Waals surface area contributed by atoms with Gasteiger partial charge in [0, 0.05) is 106 Å². The maximum Gasteiger partial charge on any atom is 0.212 e. The van der Waals surface area contributed by atoms with E-state index in [1.54, 1.807) is 57.6 Å². The van der Waals surface area contributed by atoms with Crippen LogP contribution in [0.4, 0.5) is 0 Å². The number of hydrogen-bond acceptors (Lipinski definition) is 0. The molecule has 4 unspecified atom stereocenters. The van der Waals surface area contributed by atoms with Crippen molar-refractivity contribution in [2.75, 3.05) is 0 Å². The predicted octanol–water partition coefficient (Wildman–Crippen LogP) is 20.7. The van der Waals surface area contributed by atoms with E-state index in [1.165, 1.54) is 119 Å². The Hall–Kier alpha value is -8.15. The Bertz CT molecular complexity index is 5470. The number of rotatable bonds is 5. The fourth-order valence-corrected chi connectivity index (χ4v) is 20.5. The molecule has 0 spiro atoms. The van der Waals surface area contributed by atoms with Gasteiger partial charge in [0.05, 0.1) is 0 Å². The van der Waals surface area contributed by atoms with Gasteiger partial charge in [-0.05, 0) is 304 Å². The first-order valence-corrected chi connectivity index (χ1v) is 38.6. The second kappa shape index (κ2) is 26.5. The van der Waals surface area contributed by atoms with Crippen LogP contribution in [-0.4, -0.2) is 0 Å². The fourth-order valence-electron chi connectivity index (χ4n) is 20.5. The van der Waals surface area contributed by atoms with Crippen molar-refractivity contribution in [3.63, 3.8) is 0 Å². The lowest BCUT2D eigenvalue weighted by atomic mass is 9.63. The molecule has 103 heavy (non-hydrogen) atoms. The third-order valence-corrected chi connectivity index (χ3v) is 26.8. The molecular weight excluding hydrogens is 1250 g/mol. The van der Waals surface area contributed by atoms with Gasteiger partial charge in [-0.3, -0.25) is 0 Å². The molecule has 5 heterocycles. The Morgan fingerprint density at radius 2 is 0.728 bits per heavy atom. The lowest BCUT2D eigenvalue weighted by molar-refractivity contribution is -0.661. The zero-order chi connectivity index (χ0) is 81.5. The maximum absolute atomic E-state index is 8.77. The monoisotopic (exact) mass is 1370 g/mol. The molecule has 0 radical (unpaired) electrons. The van der Waals surface area contributed by atoms with Gasteiger partial charge >= 0.3 is 0 Å². The van der Waals surface area contributed by atoms with Crippen LogP contribution in [0.3, 0.4) is 0 Å². The number of benzene rings is 5. The van der Waals surface area contributed by atoms with E-state index in [0.29, 0.717) is 52.7 Å². The highest BCUT2D eigenvalue weighted by Crippen LogP contribution is 2.68. The molecule has 13 aliphatic rings. The molecule has 0 saturated heterocycles. The summed E-state index contributed by atoms with van der Waals surface area (Å²) in [6.07, 6.45) is 23.8. The molecule has 0 aliphatic heterocycles. The Morgan fingerprint density at radius 1 is 0.359 bits per heavy atom. The molecule has 0 amide bonds. The van der Waals surface area contributed by atoms with Crippen molar-refractivity contribution in [3.8, 4) is 56.3 Å². The second-order valence-electron chi connectivity index (χ2n) is 34.2. The van der Waals surface area contributed by atoms with Crippen LogP contribution < -0.4 is 22.8 Å². The molecule has 10 bridgehead atoms. The first-order valence-electron chi connectivity index (χ1n) is 44.1. The number of aromatic nitrogens is 5. The molecule has 0 N–H and O–H groups in total. The fraction of sp³-hybridized carbons (Fsp3) is 0.439. The number of hydrogen-bond donors (Lipinski definition) is 0. The van der Waals surface area contributed by atoms with Crippen LogP contribution in [0.15, 0.2) is 152 Å². The van der Waals surface area contributed by atoms with E-state index >= 15 is 0 Å². The Labute approximate surface area is 633 Å². The van der Waals surface area contributed by atoms with E-state index in [-0.39, 0.29) is 5.92 Å². The van der Waals surface area contributed by atoms with Gasteiger partial charge in [0.25, 0.3) is 0 Å². The van der Waals surface area contributed by atoms with Gasteiger partial charge in [0.15, 0.2) is 31.0 Å². The Morgan fingerprint density at radius 3 is 1.17 bits per heavy atom. The predicted molar refractivity (Wildman–Crippen MR) is 423 cm³/mol. The van der Waals surface area contributed by atoms with Gasteiger partial charge in [-0.2, -0.15) is 0 Å². The van der Waals surface area contributed by atoms with E-state index < -0.39 is 37.8 Å². The van der Waals surface area contributed by atoms with Gasteiger partial charge in [-0.25, -0.2) is 22.8 Å². The van der Waals surface area contributed by atoms with Crippen LogP contribution in [0.25, 0.3) is 56.3 Å². The average molecular weight is 1380 g/mol. The van der Waals surface area contributed by atoms with Crippen molar-refractivity contribution in [1.29, 1.82) is 0 Å². The molecule has 4 atom stereocenters. The molecule has 5 heteroatoms. The summed E-state index contributed by atoms with van der Waals surface area (Å²) < 4.78 is 99.4. The lowest BCUT2D eigenvalue weighted by Crippen LogP contribution is -2.37. The van der Waals surface area contributed by atoms with Gasteiger partial charge in [0.2, 0.25) is 28.5 Å². The molecule has 5 fully saturated rings. The largest absolute Gasteiger partial charge is 0.212 e. The number of fused-ring (bicyclic) bond motifs is 10. The smallest absolute Gasteiger partial charge is 0.201 e. The molecule has 13 aliphatic carbocycles. The number of aryl methyl sites for hydroxylation is 15. The van der Waals surface area contributed by atoms with Crippen LogP contribution in [0.1, 0.15) is 253 Å². The molecule has 10 aromatic rings. The Balaban J connectivity index is 0.000000108. The molecule has 23 rings (SSSR count). The van der Waals surface area contributed by atoms with E-state index in [9.17, 15) is 0 Å². The SMILES string of the molecule is Cc1ccc(-c2cc3c(c[n+]2C)C2(C)CCC3C2(C)C)c(C)c1.Cc1ccc(-c2cc3c(c[n+]2C)CC2CC3C2)c(C)c1.Cc1ccc(-c2cc3c(c[n+]2C)CC2CC3C2)c(C)c1.[2H]C([2H])([2H])c1ccc(-c2cc3c(c[n+]2C)C([2H])([2H])C2CC3([2H])C2)c(C)c1.[2H]C([2H])([2H])c1ccc(-c2cc3c(c[n+]2C)C2([2H])CCC3([2H])C2)c(C)c1. The summed E-state index contributed by atoms with van der Waals surface area (Å²) in [6.45, 7) is 20.2. The zero-order valence-electron chi connectivity index (χ0n) is 75.3. The van der Waals surface area contributed by atoms with Crippen LogP contribution in [0, 0.1) is 92.3 Å². The normalized spacial score (nSPS) is 28.5. The third kappa shape index (κ3) is 12.4. The minimum absolute atomic E-state index is 0.0707. The molecular formula is C98H116N5+5. The minimum Gasteiger partial charge on any atom is -0.201 e. The topological polar surface area (TPSA) is 19.4 Å². The number of nitrogens with zero attached hydrogens (tertiary/aromatic N) is 5. The van der Waals surface area contributed by atoms with Crippen molar-refractivity contribution in [2.24, 2.45) is 58.4 Å². The highest BCUT2D eigenvalue weighted by Gasteiger charge is 2.60. The quantitative estimate of drug-likeness (QED) is 0.153. The van der Waals surface area contributed by atoms with Gasteiger partial charge < -0.3 is 0 Å². The van der Waals surface area contributed by atoms with Crippen molar-refractivity contribution >= 4 is 0 Å². The van der Waals surface area contributed by atoms with E-state index in [0.717, 1.165) is 86.8 Å². The van der Waals surface area contributed by atoms with Crippen LogP contribution in [-0.2, 0) is 59.9 Å². The average Bonchev–Trinajstić information content (AvgIpc) is 1.13. The summed E-state index contributed by atoms with van der Waals surface area (Å²) in [4.78, 5) is 0. The van der Waals surface area contributed by atoms with Crippen LogP contribution >= 0.6 is 0 Å². The molecule has 528 valence electrons. The second-order valence-corrected chi connectivity index (χ2v) is 34.2. The summed E-state index contributed by atoms with van der Waals surface area (Å²) in [6, 6.07) is 42.2. The highest BCUT2D eigenvalue weighted by molar-refractivity contribution is 5.68. The van der Waals surface area contributed by atoms with Gasteiger partial charge in [0.1, 0.15) is 35.2 Å². The van der Waals surface area contributed by atoms with Crippen LogP contribution in [0.2, 0.25) is 0 Å². The van der Waals surface area contributed by atoms with E-state index in [4.69, 9.17) is 15.1 Å². The first-order chi connectivity index (χ1) is 53.4. The highest BCUT2D eigenvalue weighted by atomic mass is 15.0. The summed E-state index contributed by atoms with van der Waals surface area (Å²) >= 11 is 0. The molecule has 5 nitrogen and oxygen atoms in total.